The molecule has 0 aromatic carbocycles. The van der Waals surface area contributed by atoms with Gasteiger partial charge in [-0.3, -0.25) is 9.78 Å². The van der Waals surface area contributed by atoms with Crippen LogP contribution in [0.15, 0.2) is 29.5 Å². The van der Waals surface area contributed by atoms with E-state index in [1.165, 1.54) is 0 Å². The number of aliphatic imine (C=N–C) groups is 1. The summed E-state index contributed by atoms with van der Waals surface area (Å²) in [7, 11) is 0. The molecule has 80 valence electrons. The van der Waals surface area contributed by atoms with Crippen molar-refractivity contribution in [3.63, 3.8) is 0 Å². The van der Waals surface area contributed by atoms with Gasteiger partial charge in [0.2, 0.25) is 0 Å². The Morgan fingerprint density at radius 3 is 2.80 bits per heavy atom. The van der Waals surface area contributed by atoms with Gasteiger partial charge < -0.3 is 16.6 Å². The molecule has 1 atom stereocenters. The topological polar surface area (TPSA) is 115 Å². The fourth-order valence-corrected chi connectivity index (χ4v) is 1.16. The van der Waals surface area contributed by atoms with Gasteiger partial charge in [0.25, 0.3) is 0 Å². The fraction of sp³-hybridized carbons (Fsp3) is 0.222. The van der Waals surface area contributed by atoms with Gasteiger partial charge in [-0.25, -0.2) is 4.99 Å². The lowest BCUT2D eigenvalue weighted by Gasteiger charge is -2.09. The van der Waals surface area contributed by atoms with E-state index in [4.69, 9.17) is 16.6 Å². The Bertz CT molecular complexity index is 360. The number of carbonyl (C=O) groups is 1. The van der Waals surface area contributed by atoms with Crippen molar-refractivity contribution in [2.24, 2.45) is 16.5 Å². The van der Waals surface area contributed by atoms with E-state index in [0.717, 1.165) is 0 Å². The molecule has 5 N–H and O–H groups in total. The first-order valence-electron chi connectivity index (χ1n) is 4.30. The van der Waals surface area contributed by atoms with Crippen LogP contribution in [-0.4, -0.2) is 22.0 Å². The van der Waals surface area contributed by atoms with Crippen LogP contribution in [-0.2, 0) is 4.79 Å². The number of rotatable bonds is 4. The maximum Gasteiger partial charge on any atom is 0.305 e. The Hall–Kier alpha value is -2.11. The number of nitrogens with two attached hydrogens (primary N) is 2. The molecule has 0 saturated heterocycles. The van der Waals surface area contributed by atoms with Crippen LogP contribution in [0.1, 0.15) is 18.0 Å². The minimum absolute atomic E-state index is 0.134. The largest absolute Gasteiger partial charge is 0.481 e. The molecular formula is C9H12N4O2. The zero-order chi connectivity index (χ0) is 11.3. The third-order valence-electron chi connectivity index (χ3n) is 1.74. The van der Waals surface area contributed by atoms with Crippen molar-refractivity contribution >= 4 is 11.9 Å². The molecule has 0 fully saturated rings. The van der Waals surface area contributed by atoms with Crippen LogP contribution in [0.25, 0.3) is 0 Å². The Balaban J connectivity index is 2.91. The van der Waals surface area contributed by atoms with E-state index in [1.54, 1.807) is 24.5 Å². The molecule has 0 aliphatic heterocycles. The normalized spacial score (nSPS) is 11.7. The van der Waals surface area contributed by atoms with Crippen molar-refractivity contribution in [2.45, 2.75) is 12.5 Å². The summed E-state index contributed by atoms with van der Waals surface area (Å²) in [5, 5.41) is 8.69. The maximum atomic E-state index is 10.6. The second-order valence-corrected chi connectivity index (χ2v) is 2.95. The molecule has 1 rings (SSSR count). The van der Waals surface area contributed by atoms with Crippen LogP contribution in [0.4, 0.5) is 0 Å². The van der Waals surface area contributed by atoms with Gasteiger partial charge in [0.05, 0.1) is 12.5 Å². The quantitative estimate of drug-likeness (QED) is 0.471. The first-order chi connectivity index (χ1) is 7.09. The maximum absolute atomic E-state index is 10.6. The molecule has 1 unspecified atom stereocenters. The van der Waals surface area contributed by atoms with Crippen LogP contribution in [0.3, 0.4) is 0 Å². The molecule has 6 heteroatoms. The summed E-state index contributed by atoms with van der Waals surface area (Å²) in [6, 6.07) is 2.85. The Kier molecular flexibility index (Phi) is 3.61. The van der Waals surface area contributed by atoms with E-state index in [2.05, 4.69) is 9.98 Å². The number of hydrogen-bond donors (Lipinski definition) is 3. The predicted molar refractivity (Wildman–Crippen MR) is 55.0 cm³/mol. The molecular weight excluding hydrogens is 196 g/mol. The lowest BCUT2D eigenvalue weighted by molar-refractivity contribution is -0.137. The first kappa shape index (κ1) is 11.0. The number of carboxylic acids is 1. The lowest BCUT2D eigenvalue weighted by atomic mass is 10.1. The number of guanidine groups is 1. The molecule has 0 bridgehead atoms. The van der Waals surface area contributed by atoms with Crippen molar-refractivity contribution in [1.82, 2.24) is 4.98 Å². The van der Waals surface area contributed by atoms with Gasteiger partial charge in [0, 0.05) is 12.4 Å². The van der Waals surface area contributed by atoms with Gasteiger partial charge in [0.1, 0.15) is 0 Å². The number of pyridine rings is 1. The van der Waals surface area contributed by atoms with Crippen LogP contribution in [0, 0.1) is 0 Å². The highest BCUT2D eigenvalue weighted by molar-refractivity contribution is 5.76. The van der Waals surface area contributed by atoms with Crippen LogP contribution in [0.2, 0.25) is 0 Å². The number of nitrogens with zero attached hydrogens (tertiary/aromatic N) is 2. The zero-order valence-electron chi connectivity index (χ0n) is 8.00. The average molecular weight is 208 g/mol. The molecule has 0 aliphatic rings. The molecule has 15 heavy (non-hydrogen) atoms. The van der Waals surface area contributed by atoms with Crippen molar-refractivity contribution < 1.29 is 9.90 Å². The monoisotopic (exact) mass is 208 g/mol. The van der Waals surface area contributed by atoms with Gasteiger partial charge in [-0.1, -0.05) is 6.07 Å². The van der Waals surface area contributed by atoms with Gasteiger partial charge in [0.15, 0.2) is 5.96 Å². The first-order valence-corrected chi connectivity index (χ1v) is 4.30. The predicted octanol–water partition coefficient (Wildman–Crippen LogP) is -0.129. The average Bonchev–Trinajstić information content (AvgIpc) is 2.17. The molecule has 0 aliphatic carbocycles. The zero-order valence-corrected chi connectivity index (χ0v) is 8.00. The van der Waals surface area contributed by atoms with E-state index in [9.17, 15) is 4.79 Å². The van der Waals surface area contributed by atoms with Gasteiger partial charge in [-0.05, 0) is 11.6 Å². The van der Waals surface area contributed by atoms with E-state index >= 15 is 0 Å². The van der Waals surface area contributed by atoms with Crippen LogP contribution in [0.5, 0.6) is 0 Å². The SMILES string of the molecule is NC(N)=NC(CC(=O)O)c1cccnc1. The van der Waals surface area contributed by atoms with E-state index in [0.29, 0.717) is 5.56 Å². The van der Waals surface area contributed by atoms with Gasteiger partial charge in [-0.2, -0.15) is 0 Å². The van der Waals surface area contributed by atoms with Crippen molar-refractivity contribution in [1.29, 1.82) is 0 Å². The summed E-state index contributed by atoms with van der Waals surface area (Å²) in [6.45, 7) is 0. The third kappa shape index (κ3) is 3.63. The molecule has 1 aromatic heterocycles. The minimum Gasteiger partial charge on any atom is -0.481 e. The molecule has 0 radical (unpaired) electrons. The highest BCUT2D eigenvalue weighted by Gasteiger charge is 2.14. The molecule has 0 saturated carbocycles. The standard InChI is InChI=1S/C9H12N4O2/c10-9(11)13-7(4-8(14)15)6-2-1-3-12-5-6/h1-3,5,7H,4H2,(H,14,15)(H4,10,11,13). The fourth-order valence-electron chi connectivity index (χ4n) is 1.16. The van der Waals surface area contributed by atoms with E-state index in [-0.39, 0.29) is 12.4 Å². The second-order valence-electron chi connectivity index (χ2n) is 2.95. The summed E-state index contributed by atoms with van der Waals surface area (Å²) in [4.78, 5) is 18.3. The Morgan fingerprint density at radius 2 is 2.33 bits per heavy atom. The van der Waals surface area contributed by atoms with Crippen LogP contribution >= 0.6 is 0 Å². The van der Waals surface area contributed by atoms with Crippen molar-refractivity contribution in [3.05, 3.63) is 30.1 Å². The minimum atomic E-state index is -0.964. The van der Waals surface area contributed by atoms with E-state index in [1.807, 2.05) is 0 Å². The van der Waals surface area contributed by atoms with Gasteiger partial charge >= 0.3 is 5.97 Å². The highest BCUT2D eigenvalue weighted by atomic mass is 16.4. The van der Waals surface area contributed by atoms with Gasteiger partial charge in [-0.15, -0.1) is 0 Å². The number of carboxylic acid groups (broad SMARTS) is 1. The summed E-state index contributed by atoms with van der Waals surface area (Å²) in [5.74, 6) is -1.10. The highest BCUT2D eigenvalue weighted by Crippen LogP contribution is 2.19. The molecule has 6 nitrogen and oxygen atoms in total. The number of hydrogen-bond acceptors (Lipinski definition) is 3. The lowest BCUT2D eigenvalue weighted by Crippen LogP contribution is -2.24. The summed E-state index contributed by atoms with van der Waals surface area (Å²) >= 11 is 0. The summed E-state index contributed by atoms with van der Waals surface area (Å²) < 4.78 is 0. The summed E-state index contributed by atoms with van der Waals surface area (Å²) in [6.07, 6.45) is 2.97. The smallest absolute Gasteiger partial charge is 0.305 e. The molecule has 1 heterocycles. The number of aliphatic carboxylic acids is 1. The summed E-state index contributed by atoms with van der Waals surface area (Å²) in [5.41, 5.74) is 11.1. The van der Waals surface area contributed by atoms with Crippen LogP contribution < -0.4 is 11.5 Å². The third-order valence-corrected chi connectivity index (χ3v) is 1.74. The molecule has 0 spiro atoms. The molecule has 0 amide bonds. The Labute approximate surface area is 86.6 Å². The number of aromatic nitrogens is 1. The second kappa shape index (κ2) is 4.94. The molecule has 1 aromatic rings. The van der Waals surface area contributed by atoms with Crippen molar-refractivity contribution in [2.75, 3.05) is 0 Å². The Morgan fingerprint density at radius 1 is 1.60 bits per heavy atom. The van der Waals surface area contributed by atoms with E-state index < -0.39 is 12.0 Å². The van der Waals surface area contributed by atoms with Crippen molar-refractivity contribution in [3.8, 4) is 0 Å².